The molecule has 25 heavy (non-hydrogen) atoms. The molecule has 5 nitrogen and oxygen atoms in total. The third-order valence-electron chi connectivity index (χ3n) is 4.62. The number of carbonyl (C=O) groups excluding carboxylic acids is 1. The van der Waals surface area contributed by atoms with E-state index >= 15 is 0 Å². The predicted molar refractivity (Wildman–Crippen MR) is 103 cm³/mol. The summed E-state index contributed by atoms with van der Waals surface area (Å²) in [6.45, 7) is 2.12. The van der Waals surface area contributed by atoms with Crippen molar-refractivity contribution in [2.24, 2.45) is 0 Å². The van der Waals surface area contributed by atoms with Crippen LogP contribution in [-0.4, -0.2) is 31.5 Å². The number of rotatable bonds is 3. The van der Waals surface area contributed by atoms with Gasteiger partial charge in [0.2, 0.25) is 0 Å². The van der Waals surface area contributed by atoms with Gasteiger partial charge in [-0.05, 0) is 54.3 Å². The van der Waals surface area contributed by atoms with Crippen molar-refractivity contribution in [3.63, 3.8) is 0 Å². The van der Waals surface area contributed by atoms with Crippen LogP contribution in [0, 0.1) is 0 Å². The van der Waals surface area contributed by atoms with E-state index in [2.05, 4.69) is 26.6 Å². The van der Waals surface area contributed by atoms with Gasteiger partial charge in [-0.25, -0.2) is 13.2 Å². The monoisotopic (exact) mass is 424 g/mol. The topological polar surface area (TPSA) is 75.3 Å². The second-order valence-electron chi connectivity index (χ2n) is 6.57. The summed E-state index contributed by atoms with van der Waals surface area (Å²) in [4.78, 5) is 12.1. The third kappa shape index (κ3) is 4.52. The van der Waals surface area contributed by atoms with Gasteiger partial charge in [0, 0.05) is 17.1 Å². The number of hydrogen-bond donors (Lipinski definition) is 2. The largest absolute Gasteiger partial charge is 0.334 e. The van der Waals surface area contributed by atoms with Crippen molar-refractivity contribution < 1.29 is 13.2 Å². The summed E-state index contributed by atoms with van der Waals surface area (Å²) in [6.07, 6.45) is 1.28. The van der Waals surface area contributed by atoms with Crippen molar-refractivity contribution in [3.8, 4) is 0 Å². The van der Waals surface area contributed by atoms with E-state index in [9.17, 15) is 13.2 Å². The molecule has 0 bridgehead atoms. The van der Waals surface area contributed by atoms with E-state index in [4.69, 9.17) is 0 Å². The van der Waals surface area contributed by atoms with Crippen LogP contribution in [-0.2, 0) is 16.4 Å². The van der Waals surface area contributed by atoms with Gasteiger partial charge in [0.15, 0.2) is 9.84 Å². The maximum atomic E-state index is 12.1. The molecule has 0 aliphatic carbocycles. The molecule has 1 aliphatic rings. The Hall–Kier alpha value is -1.60. The lowest BCUT2D eigenvalue weighted by Crippen LogP contribution is -2.48. The van der Waals surface area contributed by atoms with Crippen molar-refractivity contribution in [1.29, 1.82) is 0 Å². The summed E-state index contributed by atoms with van der Waals surface area (Å²) in [6, 6.07) is 11.5. The number of hydrogen-bond acceptors (Lipinski definition) is 3. The Labute approximate surface area is 156 Å². The number of nitrogens with one attached hydrogen (secondary N) is 2. The average molecular weight is 425 g/mol. The van der Waals surface area contributed by atoms with Crippen LogP contribution in [0.2, 0.25) is 0 Å². The fraction of sp³-hybridized carbons (Fsp3) is 0.389. The molecule has 2 aromatic rings. The highest BCUT2D eigenvalue weighted by Crippen LogP contribution is 2.21. The first-order chi connectivity index (χ1) is 11.8. The molecule has 2 unspecified atom stereocenters. The van der Waals surface area contributed by atoms with E-state index in [1.807, 2.05) is 36.4 Å². The SMILES string of the molecule is CC1CCC(NC(=O)NCc2ccc3ccc(Br)cc3c2)CS1(=O)=O. The van der Waals surface area contributed by atoms with Crippen LogP contribution >= 0.6 is 15.9 Å². The maximum absolute atomic E-state index is 12.1. The molecule has 0 aromatic heterocycles. The minimum Gasteiger partial charge on any atom is -0.334 e. The minimum atomic E-state index is -3.10. The number of urea groups is 1. The average Bonchev–Trinajstić information content (AvgIpc) is 2.55. The molecule has 1 fully saturated rings. The molecular weight excluding hydrogens is 404 g/mol. The first kappa shape index (κ1) is 18.2. The molecule has 1 aliphatic heterocycles. The summed E-state index contributed by atoms with van der Waals surface area (Å²) < 4.78 is 24.9. The zero-order chi connectivity index (χ0) is 18.0. The van der Waals surface area contributed by atoms with Crippen molar-refractivity contribution in [2.75, 3.05) is 5.75 Å². The highest BCUT2D eigenvalue weighted by Gasteiger charge is 2.31. The Morgan fingerprint density at radius 3 is 2.68 bits per heavy atom. The lowest BCUT2D eigenvalue weighted by Gasteiger charge is -2.27. The van der Waals surface area contributed by atoms with Gasteiger partial charge in [0.05, 0.1) is 11.0 Å². The molecule has 7 heteroatoms. The van der Waals surface area contributed by atoms with Crippen LogP contribution < -0.4 is 10.6 Å². The lowest BCUT2D eigenvalue weighted by atomic mass is 10.1. The van der Waals surface area contributed by atoms with E-state index in [1.165, 1.54) is 0 Å². The molecule has 134 valence electrons. The molecule has 0 radical (unpaired) electrons. The molecular formula is C18H21BrN2O3S. The molecule has 0 saturated carbocycles. The van der Waals surface area contributed by atoms with Crippen molar-refractivity contribution >= 4 is 42.6 Å². The second kappa shape index (κ2) is 7.33. The van der Waals surface area contributed by atoms with E-state index in [1.54, 1.807) is 6.92 Å². The molecule has 1 heterocycles. The van der Waals surface area contributed by atoms with Crippen molar-refractivity contribution in [2.45, 2.75) is 37.6 Å². The zero-order valence-corrected chi connectivity index (χ0v) is 16.4. The summed E-state index contributed by atoms with van der Waals surface area (Å²) in [5.74, 6) is 0.0194. The highest BCUT2D eigenvalue weighted by molar-refractivity contribution is 9.10. The summed E-state index contributed by atoms with van der Waals surface area (Å²) in [5.41, 5.74) is 0.991. The van der Waals surface area contributed by atoms with E-state index in [0.29, 0.717) is 19.4 Å². The fourth-order valence-electron chi connectivity index (χ4n) is 3.05. The Morgan fingerprint density at radius 1 is 1.16 bits per heavy atom. The first-order valence-corrected chi connectivity index (χ1v) is 10.8. The summed E-state index contributed by atoms with van der Waals surface area (Å²) in [5, 5.41) is 7.50. The Balaban J connectivity index is 1.57. The zero-order valence-electron chi connectivity index (χ0n) is 14.0. The Kier molecular flexibility index (Phi) is 5.34. The summed E-state index contributed by atoms with van der Waals surface area (Å²) in [7, 11) is -3.10. The Morgan fingerprint density at radius 2 is 1.92 bits per heavy atom. The molecule has 0 spiro atoms. The maximum Gasteiger partial charge on any atom is 0.315 e. The fourth-order valence-corrected chi connectivity index (χ4v) is 5.07. The third-order valence-corrected chi connectivity index (χ3v) is 7.45. The van der Waals surface area contributed by atoms with Crippen LogP contribution in [0.3, 0.4) is 0 Å². The van der Waals surface area contributed by atoms with Gasteiger partial charge in [-0.2, -0.15) is 0 Å². The quantitative estimate of drug-likeness (QED) is 0.792. The van der Waals surface area contributed by atoms with E-state index < -0.39 is 9.84 Å². The Bertz CT molecular complexity index is 898. The van der Waals surface area contributed by atoms with E-state index in [-0.39, 0.29) is 23.1 Å². The van der Waals surface area contributed by atoms with Crippen LogP contribution in [0.25, 0.3) is 10.8 Å². The molecule has 2 N–H and O–H groups in total. The normalized spacial score (nSPS) is 22.5. The molecule has 2 amide bonds. The van der Waals surface area contributed by atoms with Gasteiger partial charge in [0.1, 0.15) is 0 Å². The number of halogens is 1. The molecule has 2 aromatic carbocycles. The van der Waals surface area contributed by atoms with Gasteiger partial charge in [0.25, 0.3) is 0 Å². The van der Waals surface area contributed by atoms with Gasteiger partial charge < -0.3 is 10.6 Å². The summed E-state index contributed by atoms with van der Waals surface area (Å²) >= 11 is 3.46. The van der Waals surface area contributed by atoms with Crippen LogP contribution in [0.15, 0.2) is 40.9 Å². The number of carbonyl (C=O) groups is 1. The number of fused-ring (bicyclic) bond motifs is 1. The van der Waals surface area contributed by atoms with Gasteiger partial charge in [-0.1, -0.05) is 34.1 Å². The van der Waals surface area contributed by atoms with Crippen molar-refractivity contribution in [3.05, 3.63) is 46.4 Å². The number of amides is 2. The van der Waals surface area contributed by atoms with Crippen LogP contribution in [0.1, 0.15) is 25.3 Å². The van der Waals surface area contributed by atoms with Crippen LogP contribution in [0.5, 0.6) is 0 Å². The highest BCUT2D eigenvalue weighted by atomic mass is 79.9. The lowest BCUT2D eigenvalue weighted by molar-refractivity contribution is 0.236. The minimum absolute atomic E-state index is 0.0194. The van der Waals surface area contributed by atoms with Crippen LogP contribution in [0.4, 0.5) is 4.79 Å². The number of sulfone groups is 1. The standard InChI is InChI=1S/C18H21BrN2O3S/c1-12-2-7-17(11-25(12,23)24)21-18(22)20-10-13-3-4-14-5-6-16(19)9-15(14)8-13/h3-6,8-9,12,17H,2,7,10-11H2,1H3,(H2,20,21,22). The molecule has 2 atom stereocenters. The number of benzene rings is 2. The van der Waals surface area contributed by atoms with Gasteiger partial charge in [-0.3, -0.25) is 0 Å². The van der Waals surface area contributed by atoms with Gasteiger partial charge >= 0.3 is 6.03 Å². The predicted octanol–water partition coefficient (Wildman–Crippen LogP) is 3.37. The smallest absolute Gasteiger partial charge is 0.315 e. The first-order valence-electron chi connectivity index (χ1n) is 8.27. The van der Waals surface area contributed by atoms with E-state index in [0.717, 1.165) is 20.8 Å². The van der Waals surface area contributed by atoms with Gasteiger partial charge in [-0.15, -0.1) is 0 Å². The second-order valence-corrected chi connectivity index (χ2v) is 9.95. The van der Waals surface area contributed by atoms with Crippen molar-refractivity contribution in [1.82, 2.24) is 10.6 Å². The molecule has 3 rings (SSSR count). The molecule has 1 saturated heterocycles.